The van der Waals surface area contributed by atoms with Gasteiger partial charge in [-0.1, -0.05) is 44.5 Å². The number of hydrogen-bond donors (Lipinski definition) is 1. The van der Waals surface area contributed by atoms with Crippen LogP contribution in [0.2, 0.25) is 0 Å². The summed E-state index contributed by atoms with van der Waals surface area (Å²) in [4.78, 5) is 7.34. The molecule has 0 saturated heterocycles. The van der Waals surface area contributed by atoms with Gasteiger partial charge in [-0.25, -0.2) is 4.98 Å². The van der Waals surface area contributed by atoms with Gasteiger partial charge in [0.1, 0.15) is 0 Å². The van der Waals surface area contributed by atoms with Crippen LogP contribution in [0.3, 0.4) is 0 Å². The minimum atomic E-state index is 0.683. The van der Waals surface area contributed by atoms with E-state index in [2.05, 4.69) is 48.1 Å². The largest absolute Gasteiger partial charge is 0.351 e. The molecular formula is C15H19N2. The van der Waals surface area contributed by atoms with Crippen LogP contribution in [0.15, 0.2) is 36.8 Å². The number of imidazole rings is 1. The summed E-state index contributed by atoms with van der Waals surface area (Å²) in [6, 6.07) is 8.50. The normalized spacial score (nSPS) is 12.6. The monoisotopic (exact) mass is 227 g/mol. The van der Waals surface area contributed by atoms with Gasteiger partial charge in [0.15, 0.2) is 0 Å². The third-order valence-corrected chi connectivity index (χ3v) is 3.19. The fourth-order valence-electron chi connectivity index (χ4n) is 1.94. The van der Waals surface area contributed by atoms with Crippen molar-refractivity contribution in [1.29, 1.82) is 0 Å². The van der Waals surface area contributed by atoms with Crippen LogP contribution in [0.5, 0.6) is 0 Å². The van der Waals surface area contributed by atoms with Crippen LogP contribution in [-0.4, -0.2) is 9.97 Å². The maximum atomic E-state index is 4.33. The van der Waals surface area contributed by atoms with Crippen molar-refractivity contribution in [3.05, 3.63) is 49.3 Å². The topological polar surface area (TPSA) is 28.7 Å². The van der Waals surface area contributed by atoms with E-state index < -0.39 is 0 Å². The Morgan fingerprint density at radius 2 is 2.18 bits per heavy atom. The van der Waals surface area contributed by atoms with Gasteiger partial charge >= 0.3 is 0 Å². The van der Waals surface area contributed by atoms with E-state index in [-0.39, 0.29) is 0 Å². The first kappa shape index (κ1) is 11.9. The molecule has 17 heavy (non-hydrogen) atoms. The lowest BCUT2D eigenvalue weighted by Crippen LogP contribution is -1.97. The molecule has 0 fully saturated rings. The van der Waals surface area contributed by atoms with E-state index >= 15 is 0 Å². The van der Waals surface area contributed by atoms with Crippen LogP contribution in [0.25, 0.3) is 11.3 Å². The van der Waals surface area contributed by atoms with Gasteiger partial charge in [0.25, 0.3) is 0 Å². The third kappa shape index (κ3) is 2.96. The second kappa shape index (κ2) is 5.67. The Hall–Kier alpha value is -1.57. The lowest BCUT2D eigenvalue weighted by molar-refractivity contribution is 0.539. The van der Waals surface area contributed by atoms with E-state index in [4.69, 9.17) is 0 Å². The Kier molecular flexibility index (Phi) is 3.97. The zero-order valence-corrected chi connectivity index (χ0v) is 10.3. The molecule has 0 saturated carbocycles. The second-order valence-corrected chi connectivity index (χ2v) is 4.54. The summed E-state index contributed by atoms with van der Waals surface area (Å²) >= 11 is 0. The Labute approximate surface area is 103 Å². The van der Waals surface area contributed by atoms with Crippen molar-refractivity contribution in [3.63, 3.8) is 0 Å². The number of nitrogens with zero attached hydrogens (tertiary/aromatic N) is 1. The first-order valence-corrected chi connectivity index (χ1v) is 6.17. The predicted molar refractivity (Wildman–Crippen MR) is 71.5 cm³/mol. The van der Waals surface area contributed by atoms with E-state index in [0.29, 0.717) is 5.92 Å². The van der Waals surface area contributed by atoms with Crippen LogP contribution < -0.4 is 0 Å². The van der Waals surface area contributed by atoms with Crippen LogP contribution in [0.1, 0.15) is 25.3 Å². The summed E-state index contributed by atoms with van der Waals surface area (Å²) in [7, 11) is 0. The molecule has 2 rings (SSSR count). The highest BCUT2D eigenvalue weighted by Crippen LogP contribution is 2.23. The molecule has 0 spiro atoms. The van der Waals surface area contributed by atoms with Crippen molar-refractivity contribution >= 4 is 0 Å². The van der Waals surface area contributed by atoms with Gasteiger partial charge in [-0.05, 0) is 24.3 Å². The number of rotatable bonds is 5. The minimum absolute atomic E-state index is 0.683. The number of aromatic amines is 1. The maximum Gasteiger partial charge on any atom is 0.0927 e. The Morgan fingerprint density at radius 1 is 1.35 bits per heavy atom. The zero-order chi connectivity index (χ0) is 12.1. The molecule has 1 N–H and O–H groups in total. The highest BCUT2D eigenvalue weighted by atomic mass is 14.9. The number of H-pyrrole nitrogens is 1. The van der Waals surface area contributed by atoms with Gasteiger partial charge < -0.3 is 4.98 Å². The predicted octanol–water partition coefficient (Wildman–Crippen LogP) is 3.87. The Balaban J connectivity index is 2.17. The summed E-state index contributed by atoms with van der Waals surface area (Å²) in [5.41, 5.74) is 3.65. The molecule has 1 atom stereocenters. The molecule has 1 aromatic heterocycles. The maximum absolute atomic E-state index is 4.33. The van der Waals surface area contributed by atoms with E-state index in [0.717, 1.165) is 18.5 Å². The molecule has 0 bridgehead atoms. The quantitative estimate of drug-likeness (QED) is 0.825. The number of benzene rings is 1. The molecule has 1 heterocycles. The van der Waals surface area contributed by atoms with Crippen LogP contribution in [-0.2, 0) is 6.42 Å². The molecule has 89 valence electrons. The highest BCUT2D eigenvalue weighted by Gasteiger charge is 2.07. The van der Waals surface area contributed by atoms with Crippen molar-refractivity contribution in [3.8, 4) is 11.3 Å². The molecule has 0 aliphatic heterocycles. The van der Waals surface area contributed by atoms with Crippen molar-refractivity contribution < 1.29 is 0 Å². The van der Waals surface area contributed by atoms with Crippen LogP contribution >= 0.6 is 0 Å². The first-order chi connectivity index (χ1) is 8.31. The molecule has 0 aliphatic rings. The molecular weight excluding hydrogens is 208 g/mol. The Bertz CT molecular complexity index is 446. The van der Waals surface area contributed by atoms with Gasteiger partial charge in [-0.15, -0.1) is 0 Å². The van der Waals surface area contributed by atoms with Crippen molar-refractivity contribution in [2.75, 3.05) is 0 Å². The Morgan fingerprint density at radius 3 is 2.88 bits per heavy atom. The van der Waals surface area contributed by atoms with Crippen molar-refractivity contribution in [1.82, 2.24) is 9.97 Å². The zero-order valence-electron chi connectivity index (χ0n) is 10.3. The van der Waals surface area contributed by atoms with Gasteiger partial charge in [-0.2, -0.15) is 0 Å². The molecule has 1 radical (unpaired) electrons. The highest BCUT2D eigenvalue weighted by molar-refractivity contribution is 5.62. The molecule has 0 amide bonds. The molecule has 0 aliphatic carbocycles. The first-order valence-electron chi connectivity index (χ1n) is 6.17. The van der Waals surface area contributed by atoms with Gasteiger partial charge in [-0.3, -0.25) is 0 Å². The molecule has 2 heteroatoms. The SMILES string of the molecule is [CH2]C[C@@H](C)CCc1ccccc1-c1c[nH]cn1. The number of aromatic nitrogens is 2. The third-order valence-electron chi connectivity index (χ3n) is 3.19. The van der Waals surface area contributed by atoms with E-state index in [1.165, 1.54) is 17.5 Å². The fraction of sp³-hybridized carbons (Fsp3) is 0.333. The lowest BCUT2D eigenvalue weighted by Gasteiger charge is -2.10. The summed E-state index contributed by atoms with van der Waals surface area (Å²) < 4.78 is 0. The number of nitrogens with one attached hydrogen (secondary N) is 1. The van der Waals surface area contributed by atoms with E-state index in [9.17, 15) is 0 Å². The molecule has 2 aromatic rings. The second-order valence-electron chi connectivity index (χ2n) is 4.54. The van der Waals surface area contributed by atoms with Gasteiger partial charge in [0.05, 0.1) is 12.0 Å². The molecule has 0 unspecified atom stereocenters. The molecule has 1 aromatic carbocycles. The average Bonchev–Trinajstić information content (AvgIpc) is 2.90. The minimum Gasteiger partial charge on any atom is -0.351 e. The number of hydrogen-bond acceptors (Lipinski definition) is 1. The summed E-state index contributed by atoms with van der Waals surface area (Å²) in [6.07, 6.45) is 6.96. The number of aryl methyl sites for hydroxylation is 1. The summed E-state index contributed by atoms with van der Waals surface area (Å²) in [5, 5.41) is 0. The fourth-order valence-corrected chi connectivity index (χ4v) is 1.94. The van der Waals surface area contributed by atoms with Crippen LogP contribution in [0, 0.1) is 12.8 Å². The smallest absolute Gasteiger partial charge is 0.0927 e. The summed E-state index contributed by atoms with van der Waals surface area (Å²) in [5.74, 6) is 0.683. The lowest BCUT2D eigenvalue weighted by atomic mass is 9.95. The standard InChI is InChI=1S/C15H19N2/c1-3-12(2)8-9-13-6-4-5-7-14(13)15-10-16-11-17-15/h4-7,10-12H,1,3,8-9H2,2H3,(H,16,17)/t12-/m1/s1. The average molecular weight is 227 g/mol. The van der Waals surface area contributed by atoms with E-state index in [1.54, 1.807) is 6.33 Å². The van der Waals surface area contributed by atoms with Gasteiger partial charge in [0.2, 0.25) is 0 Å². The van der Waals surface area contributed by atoms with E-state index in [1.807, 2.05) is 6.20 Å². The van der Waals surface area contributed by atoms with Crippen molar-refractivity contribution in [2.24, 2.45) is 5.92 Å². The van der Waals surface area contributed by atoms with Crippen molar-refractivity contribution in [2.45, 2.75) is 26.2 Å². The van der Waals surface area contributed by atoms with Gasteiger partial charge in [0, 0.05) is 11.8 Å². The summed E-state index contributed by atoms with van der Waals surface area (Å²) in [6.45, 7) is 6.21. The van der Waals surface area contributed by atoms with Crippen LogP contribution in [0.4, 0.5) is 0 Å². The molecule has 2 nitrogen and oxygen atoms in total.